The highest BCUT2D eigenvalue weighted by Crippen LogP contribution is 2.30. The molecule has 0 bridgehead atoms. The van der Waals surface area contributed by atoms with E-state index in [4.69, 9.17) is 4.74 Å². The first-order chi connectivity index (χ1) is 21.5. The number of nitrogens with zero attached hydrogens (tertiary/aromatic N) is 3. The van der Waals surface area contributed by atoms with Gasteiger partial charge in [0.05, 0.1) is 22.5 Å². The van der Waals surface area contributed by atoms with Gasteiger partial charge in [0, 0.05) is 52.4 Å². The molecule has 46 heavy (non-hydrogen) atoms. The number of alkyl halides is 6. The summed E-state index contributed by atoms with van der Waals surface area (Å²) in [4.78, 5) is 20.9. The predicted molar refractivity (Wildman–Crippen MR) is 161 cm³/mol. The number of nitrogens with one attached hydrogen (secondary N) is 1. The van der Waals surface area contributed by atoms with Crippen molar-refractivity contribution in [2.24, 2.45) is 0 Å². The van der Waals surface area contributed by atoms with Gasteiger partial charge in [0.1, 0.15) is 5.60 Å². The number of aliphatic hydroxyl groups excluding tert-OH is 1. The molecular formula is C33H40F6N4O3. The largest absolute Gasteiger partial charge is 0.444 e. The highest BCUT2D eigenvalue weighted by molar-refractivity contribution is 5.68. The number of amides is 1. The first kappa shape index (κ1) is 36.8. The van der Waals surface area contributed by atoms with Gasteiger partial charge in [-0.3, -0.25) is 9.88 Å². The van der Waals surface area contributed by atoms with Crippen LogP contribution in [-0.2, 0) is 43.3 Å². The number of hydrogen-bond donors (Lipinski definition) is 2. The first-order valence-electron chi connectivity index (χ1n) is 14.8. The van der Waals surface area contributed by atoms with Gasteiger partial charge in [-0.05, 0) is 62.6 Å². The Labute approximate surface area is 265 Å². The van der Waals surface area contributed by atoms with E-state index < -0.39 is 35.2 Å². The number of benzene rings is 2. The molecule has 1 heterocycles. The van der Waals surface area contributed by atoms with Crippen LogP contribution in [0.25, 0.3) is 0 Å². The van der Waals surface area contributed by atoms with E-state index in [2.05, 4.69) is 10.3 Å². The van der Waals surface area contributed by atoms with Gasteiger partial charge in [0.15, 0.2) is 0 Å². The van der Waals surface area contributed by atoms with Gasteiger partial charge >= 0.3 is 18.4 Å². The Hall–Kier alpha value is -3.68. The SMILES string of the molecule is CC(C)(C)OC(=O)N(CCCO)CCN(Cc1cccc(C(F)(F)F)c1)Cc1cccc(CNCc2cccc(C(F)(F)F)c2)n1. The third-order valence-corrected chi connectivity index (χ3v) is 6.72. The number of rotatable bonds is 14. The molecule has 0 unspecified atom stereocenters. The second kappa shape index (κ2) is 16.2. The molecule has 252 valence electrons. The molecule has 0 fully saturated rings. The summed E-state index contributed by atoms with van der Waals surface area (Å²) >= 11 is 0. The van der Waals surface area contributed by atoms with Gasteiger partial charge < -0.3 is 20.1 Å². The summed E-state index contributed by atoms with van der Waals surface area (Å²) in [7, 11) is 0. The lowest BCUT2D eigenvalue weighted by Gasteiger charge is -2.30. The van der Waals surface area contributed by atoms with Gasteiger partial charge in [0.2, 0.25) is 0 Å². The van der Waals surface area contributed by atoms with E-state index in [-0.39, 0.29) is 52.4 Å². The zero-order valence-corrected chi connectivity index (χ0v) is 26.1. The monoisotopic (exact) mass is 654 g/mol. The van der Waals surface area contributed by atoms with Crippen molar-refractivity contribution in [3.05, 3.63) is 100 Å². The summed E-state index contributed by atoms with van der Waals surface area (Å²) in [5.74, 6) is 0. The zero-order chi connectivity index (χ0) is 34.0. The van der Waals surface area contributed by atoms with Crippen LogP contribution < -0.4 is 5.32 Å². The summed E-state index contributed by atoms with van der Waals surface area (Å²) in [6, 6.07) is 15.4. The van der Waals surface area contributed by atoms with Crippen LogP contribution in [0, 0.1) is 0 Å². The Morgan fingerprint density at radius 2 is 1.37 bits per heavy atom. The van der Waals surface area contributed by atoms with Crippen LogP contribution in [0.15, 0.2) is 66.7 Å². The minimum Gasteiger partial charge on any atom is -0.444 e. The maximum Gasteiger partial charge on any atom is 0.416 e. The lowest BCUT2D eigenvalue weighted by molar-refractivity contribution is -0.138. The number of ether oxygens (including phenoxy) is 1. The van der Waals surface area contributed by atoms with Crippen molar-refractivity contribution in [2.45, 2.75) is 71.3 Å². The lowest BCUT2D eigenvalue weighted by Crippen LogP contribution is -2.42. The molecule has 0 aliphatic heterocycles. The molecule has 3 rings (SSSR count). The van der Waals surface area contributed by atoms with E-state index in [1.807, 2.05) is 4.90 Å². The molecule has 2 aromatic carbocycles. The fraction of sp³-hybridized carbons (Fsp3) is 0.455. The van der Waals surface area contributed by atoms with E-state index in [9.17, 15) is 36.2 Å². The number of halogens is 6. The first-order valence-corrected chi connectivity index (χ1v) is 14.8. The van der Waals surface area contributed by atoms with Crippen LogP contribution >= 0.6 is 0 Å². The molecule has 3 aromatic rings. The van der Waals surface area contributed by atoms with Crippen molar-refractivity contribution in [1.82, 2.24) is 20.1 Å². The Kier molecular flexibility index (Phi) is 13.0. The Balaban J connectivity index is 1.75. The molecule has 0 atom stereocenters. The minimum atomic E-state index is -4.50. The molecule has 1 aromatic heterocycles. The molecule has 0 spiro atoms. The molecule has 2 N–H and O–H groups in total. The van der Waals surface area contributed by atoms with Crippen molar-refractivity contribution in [1.29, 1.82) is 0 Å². The average molecular weight is 655 g/mol. The maximum absolute atomic E-state index is 13.4. The van der Waals surface area contributed by atoms with Crippen molar-refractivity contribution in [3.8, 4) is 0 Å². The summed E-state index contributed by atoms with van der Waals surface area (Å²) in [5, 5.41) is 12.4. The summed E-state index contributed by atoms with van der Waals surface area (Å²) in [6.07, 6.45) is -9.18. The standard InChI is InChI=1S/C33H40F6N4O3/c1-31(2,3)46-30(45)43(14-7-17-44)16-15-42(22-25-9-5-11-27(19-25)33(37,38)39)23-29-13-6-12-28(41-29)21-40-20-24-8-4-10-26(18-24)32(34,35)36/h4-6,8-13,18-19,40,44H,7,14-17,20-23H2,1-3H3. The fourth-order valence-electron chi connectivity index (χ4n) is 4.60. The second-order valence-electron chi connectivity index (χ2n) is 11.9. The number of aliphatic hydroxyl groups is 1. The molecular weight excluding hydrogens is 614 g/mol. The van der Waals surface area contributed by atoms with Crippen LogP contribution in [0.1, 0.15) is 60.8 Å². The van der Waals surface area contributed by atoms with Crippen molar-refractivity contribution in [3.63, 3.8) is 0 Å². The smallest absolute Gasteiger partial charge is 0.416 e. The van der Waals surface area contributed by atoms with Gasteiger partial charge in [-0.1, -0.05) is 42.5 Å². The molecule has 0 radical (unpaired) electrons. The Morgan fingerprint density at radius 1 is 0.783 bits per heavy atom. The lowest BCUT2D eigenvalue weighted by atomic mass is 10.1. The van der Waals surface area contributed by atoms with Crippen molar-refractivity contribution < 1.29 is 41.0 Å². The average Bonchev–Trinajstić information content (AvgIpc) is 2.96. The van der Waals surface area contributed by atoms with Crippen LogP contribution in [-0.4, -0.2) is 57.8 Å². The molecule has 0 saturated carbocycles. The number of aromatic nitrogens is 1. The van der Waals surface area contributed by atoms with E-state index in [0.29, 0.717) is 28.9 Å². The quantitative estimate of drug-likeness (QED) is 0.182. The molecule has 0 saturated heterocycles. The summed E-state index contributed by atoms with van der Waals surface area (Å²) < 4.78 is 84.9. The van der Waals surface area contributed by atoms with Gasteiger partial charge in [-0.25, -0.2) is 4.79 Å². The van der Waals surface area contributed by atoms with Crippen LogP contribution in [0.5, 0.6) is 0 Å². The molecule has 1 amide bonds. The fourth-order valence-corrected chi connectivity index (χ4v) is 4.60. The summed E-state index contributed by atoms with van der Waals surface area (Å²) in [5.41, 5.74) is -0.107. The van der Waals surface area contributed by atoms with E-state index in [0.717, 1.165) is 24.3 Å². The normalized spacial score (nSPS) is 12.4. The van der Waals surface area contributed by atoms with Crippen LogP contribution in [0.2, 0.25) is 0 Å². The third-order valence-electron chi connectivity index (χ3n) is 6.72. The third kappa shape index (κ3) is 12.6. The van der Waals surface area contributed by atoms with Gasteiger partial charge in [0.25, 0.3) is 0 Å². The topological polar surface area (TPSA) is 77.9 Å². The van der Waals surface area contributed by atoms with E-state index in [1.54, 1.807) is 51.1 Å². The second-order valence-corrected chi connectivity index (χ2v) is 11.9. The molecule has 7 nitrogen and oxygen atoms in total. The van der Waals surface area contributed by atoms with E-state index in [1.165, 1.54) is 17.0 Å². The van der Waals surface area contributed by atoms with E-state index >= 15 is 0 Å². The number of carbonyl (C=O) groups excluding carboxylic acids is 1. The Morgan fingerprint density at radius 3 is 1.98 bits per heavy atom. The molecule has 0 aliphatic rings. The number of pyridine rings is 1. The Bertz CT molecular complexity index is 1410. The maximum atomic E-state index is 13.4. The highest BCUT2D eigenvalue weighted by Gasteiger charge is 2.31. The van der Waals surface area contributed by atoms with Crippen molar-refractivity contribution >= 4 is 6.09 Å². The predicted octanol–water partition coefficient (Wildman–Crippen LogP) is 7.03. The molecule has 0 aliphatic carbocycles. The van der Waals surface area contributed by atoms with Gasteiger partial charge in [-0.2, -0.15) is 26.3 Å². The number of carbonyl (C=O) groups is 1. The zero-order valence-electron chi connectivity index (χ0n) is 26.1. The summed E-state index contributed by atoms with van der Waals surface area (Å²) in [6.45, 7) is 6.59. The number of hydrogen-bond acceptors (Lipinski definition) is 6. The highest BCUT2D eigenvalue weighted by atomic mass is 19.4. The van der Waals surface area contributed by atoms with Crippen LogP contribution in [0.3, 0.4) is 0 Å². The van der Waals surface area contributed by atoms with Crippen molar-refractivity contribution in [2.75, 3.05) is 26.2 Å². The molecule has 13 heteroatoms. The van der Waals surface area contributed by atoms with Gasteiger partial charge in [-0.15, -0.1) is 0 Å². The van der Waals surface area contributed by atoms with Crippen LogP contribution in [0.4, 0.5) is 31.1 Å². The minimum absolute atomic E-state index is 0.131.